The summed E-state index contributed by atoms with van der Waals surface area (Å²) in [6.45, 7) is 4.80. The Morgan fingerprint density at radius 3 is 2.55 bits per heavy atom. The van der Waals surface area contributed by atoms with Gasteiger partial charge in [-0.15, -0.1) is 0 Å². The van der Waals surface area contributed by atoms with Crippen molar-refractivity contribution in [2.45, 2.75) is 6.10 Å². The number of nitrogen functional groups attached to an aromatic ring is 1. The van der Waals surface area contributed by atoms with Crippen LogP contribution in [0.25, 0.3) is 11.0 Å². The normalized spacial score (nSPS) is 16.1. The van der Waals surface area contributed by atoms with E-state index < -0.39 is 6.10 Å². The van der Waals surface area contributed by atoms with Crippen LogP contribution >= 0.6 is 11.7 Å². The molecule has 1 unspecified atom stereocenters. The molecule has 9 heteroatoms. The average Bonchev–Trinajstić information content (AvgIpc) is 3.21. The maximum Gasteiger partial charge on any atom is 0.122 e. The second kappa shape index (κ2) is 8.73. The quantitative estimate of drug-likeness (QED) is 0.345. The summed E-state index contributed by atoms with van der Waals surface area (Å²) in [5.74, 6) is 0.0545. The number of fused-ring (bicyclic) bond motifs is 1. The lowest BCUT2D eigenvalue weighted by molar-refractivity contribution is 0.118. The van der Waals surface area contributed by atoms with Gasteiger partial charge in [0.05, 0.1) is 17.8 Å². The third-order valence-electron chi connectivity index (χ3n) is 5.18. The molecule has 2 aromatic carbocycles. The van der Waals surface area contributed by atoms with Crippen LogP contribution < -0.4 is 16.0 Å². The van der Waals surface area contributed by atoms with Gasteiger partial charge in [-0.25, -0.2) is 0 Å². The Morgan fingerprint density at radius 2 is 1.83 bits per heavy atom. The second-order valence-electron chi connectivity index (χ2n) is 7.25. The van der Waals surface area contributed by atoms with Crippen molar-refractivity contribution in [3.05, 3.63) is 48.0 Å². The van der Waals surface area contributed by atoms with Crippen molar-refractivity contribution < 1.29 is 5.11 Å². The standard InChI is InChI=1S/C20H25N7OS/c21-20(22)14-1-3-15(4-2-14)23-12-17(28)13-26-7-9-27(10-8-26)16-5-6-18-19(11-16)25-29-24-18/h1-6,11,17,23,28H,7-10,12-13H2,(H3,21,22). The summed E-state index contributed by atoms with van der Waals surface area (Å²) in [6.07, 6.45) is -0.452. The predicted octanol–water partition coefficient (Wildman–Crippen LogP) is 1.57. The lowest BCUT2D eigenvalue weighted by Crippen LogP contribution is -2.49. The summed E-state index contributed by atoms with van der Waals surface area (Å²) >= 11 is 1.24. The van der Waals surface area contributed by atoms with Crippen molar-refractivity contribution in [1.82, 2.24) is 13.6 Å². The van der Waals surface area contributed by atoms with E-state index in [0.29, 0.717) is 18.7 Å². The number of aliphatic hydroxyl groups is 1. The lowest BCUT2D eigenvalue weighted by Gasteiger charge is -2.37. The molecule has 1 aliphatic heterocycles. The van der Waals surface area contributed by atoms with Gasteiger partial charge < -0.3 is 21.1 Å². The van der Waals surface area contributed by atoms with Crippen LogP contribution in [0.3, 0.4) is 0 Å². The largest absolute Gasteiger partial charge is 0.390 e. The molecule has 0 amide bonds. The monoisotopic (exact) mass is 411 g/mol. The van der Waals surface area contributed by atoms with Crippen molar-refractivity contribution in [2.75, 3.05) is 49.5 Å². The summed E-state index contributed by atoms with van der Waals surface area (Å²) in [6, 6.07) is 13.6. The highest BCUT2D eigenvalue weighted by Crippen LogP contribution is 2.22. The molecule has 3 aromatic rings. The van der Waals surface area contributed by atoms with Gasteiger partial charge in [0.25, 0.3) is 0 Å². The van der Waals surface area contributed by atoms with Gasteiger partial charge in [-0.1, -0.05) is 0 Å². The van der Waals surface area contributed by atoms with Crippen LogP contribution in [0.1, 0.15) is 5.56 Å². The van der Waals surface area contributed by atoms with Gasteiger partial charge in [-0.2, -0.15) is 8.75 Å². The second-order valence-corrected chi connectivity index (χ2v) is 7.78. The molecule has 29 heavy (non-hydrogen) atoms. The number of β-amino-alcohol motifs (C(OH)–C–C–N with tert-alkyl or cyclic N) is 1. The van der Waals surface area contributed by atoms with Gasteiger partial charge in [0.1, 0.15) is 16.9 Å². The molecule has 0 bridgehead atoms. The van der Waals surface area contributed by atoms with Crippen LogP contribution in [0.4, 0.5) is 11.4 Å². The van der Waals surface area contributed by atoms with Crippen LogP contribution in [0.2, 0.25) is 0 Å². The first-order chi connectivity index (χ1) is 14.1. The number of aromatic nitrogens is 2. The fourth-order valence-electron chi connectivity index (χ4n) is 3.52. The zero-order chi connectivity index (χ0) is 20.2. The zero-order valence-electron chi connectivity index (χ0n) is 16.1. The van der Waals surface area contributed by atoms with E-state index in [1.807, 2.05) is 18.2 Å². The molecule has 2 heterocycles. The maximum atomic E-state index is 10.4. The molecule has 8 nitrogen and oxygen atoms in total. The van der Waals surface area contributed by atoms with E-state index in [1.54, 1.807) is 12.1 Å². The minimum atomic E-state index is -0.452. The van der Waals surface area contributed by atoms with Crippen molar-refractivity contribution in [1.29, 1.82) is 5.41 Å². The minimum absolute atomic E-state index is 0.0545. The summed E-state index contributed by atoms with van der Waals surface area (Å²) in [5.41, 5.74) is 10.1. The van der Waals surface area contributed by atoms with E-state index in [4.69, 9.17) is 11.1 Å². The molecule has 1 atom stereocenters. The zero-order valence-corrected chi connectivity index (χ0v) is 16.9. The van der Waals surface area contributed by atoms with E-state index in [0.717, 1.165) is 42.9 Å². The van der Waals surface area contributed by atoms with Crippen LogP contribution in [-0.4, -0.2) is 70.0 Å². The van der Waals surface area contributed by atoms with Gasteiger partial charge in [0, 0.05) is 56.2 Å². The summed E-state index contributed by atoms with van der Waals surface area (Å²) in [7, 11) is 0. The third kappa shape index (κ3) is 4.81. The SMILES string of the molecule is N=C(N)c1ccc(NCC(O)CN2CCN(c3ccc4nsnc4c3)CC2)cc1. The molecule has 5 N–H and O–H groups in total. The van der Waals surface area contributed by atoms with Gasteiger partial charge in [0.2, 0.25) is 0 Å². The first-order valence-corrected chi connectivity index (χ1v) is 10.4. The number of nitrogens with one attached hydrogen (secondary N) is 2. The van der Waals surface area contributed by atoms with Crippen LogP contribution in [0.15, 0.2) is 42.5 Å². The number of nitrogens with two attached hydrogens (primary N) is 1. The number of nitrogens with zero attached hydrogens (tertiary/aromatic N) is 4. The molecule has 4 rings (SSSR count). The Balaban J connectivity index is 1.23. The molecule has 0 spiro atoms. The molecule has 1 aromatic heterocycles. The number of piperazine rings is 1. The van der Waals surface area contributed by atoms with Crippen molar-refractivity contribution >= 4 is 40.0 Å². The van der Waals surface area contributed by atoms with Gasteiger partial charge >= 0.3 is 0 Å². The lowest BCUT2D eigenvalue weighted by atomic mass is 10.2. The summed E-state index contributed by atoms with van der Waals surface area (Å²) in [4.78, 5) is 4.65. The van der Waals surface area contributed by atoms with Crippen LogP contribution in [0.5, 0.6) is 0 Å². The highest BCUT2D eigenvalue weighted by Gasteiger charge is 2.20. The maximum absolute atomic E-state index is 10.4. The molecule has 0 radical (unpaired) electrons. The van der Waals surface area contributed by atoms with Gasteiger partial charge in [-0.05, 0) is 42.5 Å². The molecule has 0 saturated carbocycles. The molecule has 1 aliphatic rings. The fraction of sp³-hybridized carbons (Fsp3) is 0.350. The van der Waals surface area contributed by atoms with E-state index in [-0.39, 0.29) is 5.84 Å². The molecular weight excluding hydrogens is 386 g/mol. The number of benzene rings is 2. The number of hydrogen-bond acceptors (Lipinski definition) is 8. The van der Waals surface area contributed by atoms with Crippen molar-refractivity contribution in [3.63, 3.8) is 0 Å². The van der Waals surface area contributed by atoms with Crippen molar-refractivity contribution in [3.8, 4) is 0 Å². The van der Waals surface area contributed by atoms with Crippen molar-refractivity contribution in [2.24, 2.45) is 5.73 Å². The Hall–Kier alpha value is -2.75. The number of anilines is 2. The van der Waals surface area contributed by atoms with E-state index in [9.17, 15) is 5.11 Å². The molecule has 1 saturated heterocycles. The third-order valence-corrected chi connectivity index (χ3v) is 5.74. The fourth-order valence-corrected chi connectivity index (χ4v) is 4.04. The Kier molecular flexibility index (Phi) is 5.89. The Morgan fingerprint density at radius 1 is 1.10 bits per heavy atom. The topological polar surface area (TPSA) is 114 Å². The van der Waals surface area contributed by atoms with Crippen LogP contribution in [0, 0.1) is 5.41 Å². The van der Waals surface area contributed by atoms with Gasteiger partial charge in [-0.3, -0.25) is 10.3 Å². The summed E-state index contributed by atoms with van der Waals surface area (Å²) < 4.78 is 8.58. The summed E-state index contributed by atoms with van der Waals surface area (Å²) in [5, 5.41) is 21.1. The number of amidine groups is 1. The minimum Gasteiger partial charge on any atom is -0.390 e. The first kappa shape index (κ1) is 19.6. The number of aliphatic hydroxyl groups excluding tert-OH is 1. The van der Waals surface area contributed by atoms with E-state index >= 15 is 0 Å². The predicted molar refractivity (Wildman–Crippen MR) is 118 cm³/mol. The molecule has 0 aliphatic carbocycles. The first-order valence-electron chi connectivity index (χ1n) is 9.64. The Bertz CT molecular complexity index is 966. The highest BCUT2D eigenvalue weighted by atomic mass is 32.1. The Labute approximate surface area is 173 Å². The smallest absolute Gasteiger partial charge is 0.122 e. The average molecular weight is 412 g/mol. The molecule has 152 valence electrons. The van der Waals surface area contributed by atoms with E-state index in [2.05, 4.69) is 36.0 Å². The highest BCUT2D eigenvalue weighted by molar-refractivity contribution is 7.00. The number of rotatable bonds is 7. The molecule has 1 fully saturated rings. The van der Waals surface area contributed by atoms with Crippen LogP contribution in [-0.2, 0) is 0 Å². The number of hydrogen-bond donors (Lipinski definition) is 4. The van der Waals surface area contributed by atoms with Gasteiger partial charge in [0.15, 0.2) is 0 Å². The van der Waals surface area contributed by atoms with E-state index in [1.165, 1.54) is 17.4 Å². The molecular formula is C20H25N7OS.